The van der Waals surface area contributed by atoms with Gasteiger partial charge in [-0.15, -0.1) is 0 Å². The zero-order chi connectivity index (χ0) is 13.3. The summed E-state index contributed by atoms with van der Waals surface area (Å²) in [6.07, 6.45) is -2.87. The fourth-order valence-corrected chi connectivity index (χ4v) is 1.28. The van der Waals surface area contributed by atoms with Gasteiger partial charge in [-0.05, 0) is 12.1 Å². The maximum Gasteiger partial charge on any atom is 0.434 e. The van der Waals surface area contributed by atoms with Crippen LogP contribution in [0.3, 0.4) is 0 Å². The molecule has 0 aliphatic rings. The maximum atomic E-state index is 12.3. The lowest BCUT2D eigenvalue weighted by molar-refractivity contribution is -0.140. The van der Waals surface area contributed by atoms with Gasteiger partial charge in [-0.25, -0.2) is 14.8 Å². The standard InChI is InChI=1S/C10H6F3N3O2/c11-10(12,13)7-4-16(5-14-7)8-3-1-2-6(15-8)9(17)18/h1-5H,(H,17,18). The highest BCUT2D eigenvalue weighted by Crippen LogP contribution is 2.27. The number of hydrogen-bond donors (Lipinski definition) is 1. The Morgan fingerprint density at radius 1 is 1.33 bits per heavy atom. The van der Waals surface area contributed by atoms with Crippen molar-refractivity contribution in [2.24, 2.45) is 0 Å². The number of rotatable bonds is 2. The molecule has 8 heteroatoms. The molecule has 0 saturated carbocycles. The number of halogens is 3. The van der Waals surface area contributed by atoms with Crippen molar-refractivity contribution < 1.29 is 23.1 Å². The van der Waals surface area contributed by atoms with Crippen LogP contribution in [0.1, 0.15) is 16.2 Å². The molecule has 94 valence electrons. The number of imidazole rings is 1. The molecule has 0 saturated heterocycles. The molecule has 0 aromatic carbocycles. The number of hydrogen-bond acceptors (Lipinski definition) is 3. The van der Waals surface area contributed by atoms with Crippen molar-refractivity contribution in [1.29, 1.82) is 0 Å². The van der Waals surface area contributed by atoms with Crippen molar-refractivity contribution in [3.63, 3.8) is 0 Å². The minimum absolute atomic E-state index is 0.0536. The largest absolute Gasteiger partial charge is 0.477 e. The van der Waals surface area contributed by atoms with E-state index in [1.807, 2.05) is 0 Å². The molecule has 0 atom stereocenters. The average Bonchev–Trinajstić information content (AvgIpc) is 2.78. The molecule has 0 bridgehead atoms. The minimum atomic E-state index is -4.55. The summed E-state index contributed by atoms with van der Waals surface area (Å²) in [5, 5.41) is 8.72. The quantitative estimate of drug-likeness (QED) is 0.893. The predicted octanol–water partition coefficient (Wildman–Crippen LogP) is 1.98. The molecule has 0 aliphatic carbocycles. The zero-order valence-electron chi connectivity index (χ0n) is 8.72. The first kappa shape index (κ1) is 12.1. The number of aromatic nitrogens is 3. The number of carbonyl (C=O) groups is 1. The normalized spacial score (nSPS) is 11.5. The van der Waals surface area contributed by atoms with Gasteiger partial charge < -0.3 is 5.11 Å². The van der Waals surface area contributed by atoms with Crippen LogP contribution >= 0.6 is 0 Å². The van der Waals surface area contributed by atoms with Gasteiger partial charge in [0.15, 0.2) is 11.4 Å². The van der Waals surface area contributed by atoms with Gasteiger partial charge in [0.05, 0.1) is 0 Å². The molecule has 0 radical (unpaired) electrons. The average molecular weight is 257 g/mol. The molecule has 5 nitrogen and oxygen atoms in total. The highest BCUT2D eigenvalue weighted by atomic mass is 19.4. The van der Waals surface area contributed by atoms with Crippen molar-refractivity contribution in [3.05, 3.63) is 42.1 Å². The van der Waals surface area contributed by atoms with Crippen molar-refractivity contribution in [1.82, 2.24) is 14.5 Å². The Balaban J connectivity index is 2.40. The monoisotopic (exact) mass is 257 g/mol. The number of carboxylic acid groups (broad SMARTS) is 1. The highest BCUT2D eigenvalue weighted by molar-refractivity contribution is 5.85. The molecule has 0 amide bonds. The Morgan fingerprint density at radius 2 is 2.06 bits per heavy atom. The summed E-state index contributed by atoms with van der Waals surface area (Å²) in [5.41, 5.74) is -1.32. The Labute approximate surface area is 98.5 Å². The van der Waals surface area contributed by atoms with E-state index in [-0.39, 0.29) is 11.5 Å². The highest BCUT2D eigenvalue weighted by Gasteiger charge is 2.33. The molecular weight excluding hydrogens is 251 g/mol. The molecule has 2 rings (SSSR count). The van der Waals surface area contributed by atoms with E-state index in [1.54, 1.807) is 0 Å². The molecular formula is C10H6F3N3O2. The number of nitrogens with zero attached hydrogens (tertiary/aromatic N) is 3. The van der Waals surface area contributed by atoms with Crippen molar-refractivity contribution in [2.75, 3.05) is 0 Å². The Morgan fingerprint density at radius 3 is 2.61 bits per heavy atom. The van der Waals surface area contributed by atoms with Crippen LogP contribution in [0.4, 0.5) is 13.2 Å². The van der Waals surface area contributed by atoms with Crippen molar-refractivity contribution in [2.45, 2.75) is 6.18 Å². The molecule has 0 aliphatic heterocycles. The van der Waals surface area contributed by atoms with Gasteiger partial charge in [-0.2, -0.15) is 13.2 Å². The predicted molar refractivity (Wildman–Crippen MR) is 53.3 cm³/mol. The summed E-state index contributed by atoms with van der Waals surface area (Å²) in [4.78, 5) is 17.6. The Hall–Kier alpha value is -2.38. The molecule has 1 N–H and O–H groups in total. The van der Waals surface area contributed by atoms with Crippen LogP contribution in [0.25, 0.3) is 5.82 Å². The van der Waals surface area contributed by atoms with Gasteiger partial charge in [0.1, 0.15) is 12.1 Å². The Bertz CT molecular complexity index is 592. The van der Waals surface area contributed by atoms with Crippen molar-refractivity contribution in [3.8, 4) is 5.82 Å². The number of aromatic carboxylic acids is 1. The Kier molecular flexibility index (Phi) is 2.77. The van der Waals surface area contributed by atoms with Gasteiger partial charge >= 0.3 is 12.1 Å². The van der Waals surface area contributed by atoms with E-state index in [9.17, 15) is 18.0 Å². The second-order valence-corrected chi connectivity index (χ2v) is 3.35. The zero-order valence-corrected chi connectivity index (χ0v) is 8.72. The van der Waals surface area contributed by atoms with Crippen LogP contribution in [0, 0.1) is 0 Å². The molecule has 18 heavy (non-hydrogen) atoms. The topological polar surface area (TPSA) is 68.0 Å². The number of pyridine rings is 1. The van der Waals surface area contributed by atoms with E-state index in [1.165, 1.54) is 18.2 Å². The fourth-order valence-electron chi connectivity index (χ4n) is 1.28. The van der Waals surface area contributed by atoms with E-state index < -0.39 is 17.8 Å². The number of alkyl halides is 3. The second-order valence-electron chi connectivity index (χ2n) is 3.35. The maximum absolute atomic E-state index is 12.3. The molecule has 0 fully saturated rings. The smallest absolute Gasteiger partial charge is 0.434 e. The lowest BCUT2D eigenvalue weighted by Gasteiger charge is -2.02. The summed E-state index contributed by atoms with van der Waals surface area (Å²) in [7, 11) is 0. The second kappa shape index (κ2) is 4.13. The van der Waals surface area contributed by atoms with Crippen LogP contribution in [-0.4, -0.2) is 25.6 Å². The number of carboxylic acids is 1. The summed E-state index contributed by atoms with van der Waals surface area (Å²) < 4.78 is 38.0. The summed E-state index contributed by atoms with van der Waals surface area (Å²) in [6, 6.07) is 4.01. The molecule has 2 aromatic heterocycles. The summed E-state index contributed by atoms with van der Waals surface area (Å²) in [6.45, 7) is 0. The molecule has 0 spiro atoms. The fraction of sp³-hybridized carbons (Fsp3) is 0.100. The SMILES string of the molecule is O=C(O)c1cccc(-n2cnc(C(F)(F)F)c2)n1. The lowest BCUT2D eigenvalue weighted by atomic mass is 10.3. The van der Waals surface area contributed by atoms with E-state index in [4.69, 9.17) is 5.11 Å². The van der Waals surface area contributed by atoms with Crippen LogP contribution in [0.2, 0.25) is 0 Å². The minimum Gasteiger partial charge on any atom is -0.477 e. The van der Waals surface area contributed by atoms with Gasteiger partial charge in [-0.1, -0.05) is 6.07 Å². The first-order valence-corrected chi connectivity index (χ1v) is 4.70. The van der Waals surface area contributed by atoms with E-state index in [0.717, 1.165) is 17.1 Å². The van der Waals surface area contributed by atoms with Gasteiger partial charge in [0, 0.05) is 6.20 Å². The first-order chi connectivity index (χ1) is 8.38. The van der Waals surface area contributed by atoms with Crippen LogP contribution in [0.15, 0.2) is 30.7 Å². The van der Waals surface area contributed by atoms with Gasteiger partial charge in [-0.3, -0.25) is 4.57 Å². The summed E-state index contributed by atoms with van der Waals surface area (Å²) >= 11 is 0. The molecule has 2 heterocycles. The van der Waals surface area contributed by atoms with E-state index in [2.05, 4.69) is 9.97 Å². The third-order valence-corrected chi connectivity index (χ3v) is 2.09. The van der Waals surface area contributed by atoms with Crippen LogP contribution in [0.5, 0.6) is 0 Å². The van der Waals surface area contributed by atoms with Crippen molar-refractivity contribution >= 4 is 5.97 Å². The van der Waals surface area contributed by atoms with Gasteiger partial charge in [0.2, 0.25) is 0 Å². The van der Waals surface area contributed by atoms with Crippen LogP contribution in [-0.2, 0) is 6.18 Å². The van der Waals surface area contributed by atoms with E-state index >= 15 is 0 Å². The molecule has 2 aromatic rings. The summed E-state index contributed by atoms with van der Waals surface area (Å²) in [5.74, 6) is -1.20. The third kappa shape index (κ3) is 2.31. The van der Waals surface area contributed by atoms with Crippen LogP contribution < -0.4 is 0 Å². The van der Waals surface area contributed by atoms with E-state index in [0.29, 0.717) is 0 Å². The third-order valence-electron chi connectivity index (χ3n) is 2.09. The van der Waals surface area contributed by atoms with Gasteiger partial charge in [0.25, 0.3) is 0 Å². The first-order valence-electron chi connectivity index (χ1n) is 4.70. The molecule has 0 unspecified atom stereocenters. The lowest BCUT2D eigenvalue weighted by Crippen LogP contribution is -2.06.